The molecule has 4 heterocycles. The molecule has 2 aromatic heterocycles. The zero-order chi connectivity index (χ0) is 19.3. The molecule has 7 nitrogen and oxygen atoms in total. The van der Waals surface area contributed by atoms with E-state index in [2.05, 4.69) is 0 Å². The van der Waals surface area contributed by atoms with Crippen LogP contribution in [-0.4, -0.2) is 57.9 Å². The lowest BCUT2D eigenvalue weighted by Crippen LogP contribution is -2.54. The Morgan fingerprint density at radius 2 is 1.89 bits per heavy atom. The maximum atomic E-state index is 13.0. The molecule has 0 unspecified atom stereocenters. The first kappa shape index (κ1) is 17.6. The SMILES string of the molecule is CN(C)C(=O)[C@H]1[C@H]2C[C@H](CN(C(=O)c3cccn3C)C2)c2cccc(=O)n21. The second-order valence-electron chi connectivity index (χ2n) is 7.74. The van der Waals surface area contributed by atoms with Crippen molar-refractivity contribution < 1.29 is 9.59 Å². The second-order valence-corrected chi connectivity index (χ2v) is 7.74. The van der Waals surface area contributed by atoms with Gasteiger partial charge in [-0.15, -0.1) is 0 Å². The van der Waals surface area contributed by atoms with E-state index in [1.54, 1.807) is 24.7 Å². The first-order valence-corrected chi connectivity index (χ1v) is 9.21. The van der Waals surface area contributed by atoms with E-state index >= 15 is 0 Å². The summed E-state index contributed by atoms with van der Waals surface area (Å²) in [7, 11) is 5.26. The average Bonchev–Trinajstić information content (AvgIpc) is 3.07. The molecular formula is C20H24N4O3. The number of hydrogen-bond donors (Lipinski definition) is 0. The summed E-state index contributed by atoms with van der Waals surface area (Å²) in [4.78, 5) is 41.9. The fraction of sp³-hybridized carbons (Fsp3) is 0.450. The molecule has 0 radical (unpaired) electrons. The Bertz CT molecular complexity index is 958. The Labute approximate surface area is 157 Å². The van der Waals surface area contributed by atoms with Crippen molar-refractivity contribution in [2.45, 2.75) is 18.4 Å². The summed E-state index contributed by atoms with van der Waals surface area (Å²) in [5.74, 6) is -0.135. The Kier molecular flexibility index (Phi) is 4.17. The highest BCUT2D eigenvalue weighted by Crippen LogP contribution is 2.41. The number of likely N-dealkylation sites (tertiary alicyclic amines) is 1. The summed E-state index contributed by atoms with van der Waals surface area (Å²) in [6.45, 7) is 1.04. The van der Waals surface area contributed by atoms with E-state index in [1.807, 2.05) is 40.9 Å². The van der Waals surface area contributed by atoms with Crippen LogP contribution < -0.4 is 5.56 Å². The number of aryl methyl sites for hydroxylation is 1. The topological polar surface area (TPSA) is 67.6 Å². The standard InChI is InChI=1S/C20H24N4O3/c1-21(2)20(27)18-14-10-13(15-6-4-8-17(25)24(15)18)11-23(12-14)19(26)16-7-5-9-22(16)3/h4-9,13-14,18H,10-12H2,1-3H3/t13-,14+,18-/m1/s1. The summed E-state index contributed by atoms with van der Waals surface area (Å²) in [5, 5.41) is 0. The van der Waals surface area contributed by atoms with Crippen molar-refractivity contribution in [3.8, 4) is 0 Å². The minimum atomic E-state index is -0.566. The number of fused-ring (bicyclic) bond motifs is 4. The lowest BCUT2D eigenvalue weighted by molar-refractivity contribution is -0.135. The van der Waals surface area contributed by atoms with Crippen LogP contribution in [-0.2, 0) is 11.8 Å². The van der Waals surface area contributed by atoms with E-state index in [0.717, 1.165) is 12.1 Å². The molecule has 3 atom stereocenters. The predicted molar refractivity (Wildman–Crippen MR) is 101 cm³/mol. The van der Waals surface area contributed by atoms with Crippen LogP contribution >= 0.6 is 0 Å². The van der Waals surface area contributed by atoms with Crippen LogP contribution in [0.1, 0.15) is 34.6 Å². The molecule has 0 N–H and O–H groups in total. The quantitative estimate of drug-likeness (QED) is 0.797. The highest BCUT2D eigenvalue weighted by Gasteiger charge is 2.45. The molecule has 0 spiro atoms. The number of pyridine rings is 1. The summed E-state index contributed by atoms with van der Waals surface area (Å²) in [6, 6.07) is 8.26. The van der Waals surface area contributed by atoms with Crippen molar-refractivity contribution in [3.63, 3.8) is 0 Å². The number of carbonyl (C=O) groups is 2. The Hall–Kier alpha value is -2.83. The van der Waals surface area contributed by atoms with Crippen molar-refractivity contribution in [1.29, 1.82) is 0 Å². The van der Waals surface area contributed by atoms with Crippen LogP contribution in [0.2, 0.25) is 0 Å². The zero-order valence-corrected chi connectivity index (χ0v) is 15.8. The Morgan fingerprint density at radius 3 is 2.56 bits per heavy atom. The van der Waals surface area contributed by atoms with E-state index < -0.39 is 6.04 Å². The van der Waals surface area contributed by atoms with Gasteiger partial charge in [-0.05, 0) is 24.6 Å². The molecule has 1 saturated heterocycles. The summed E-state index contributed by atoms with van der Waals surface area (Å²) in [6.07, 6.45) is 2.66. The molecule has 7 heteroatoms. The van der Waals surface area contributed by atoms with Gasteiger partial charge < -0.3 is 14.4 Å². The van der Waals surface area contributed by atoms with Gasteiger partial charge >= 0.3 is 0 Å². The number of rotatable bonds is 2. The van der Waals surface area contributed by atoms with Crippen LogP contribution in [0, 0.1) is 5.92 Å². The van der Waals surface area contributed by atoms with Gasteiger partial charge in [-0.25, -0.2) is 0 Å². The second kappa shape index (κ2) is 6.40. The summed E-state index contributed by atoms with van der Waals surface area (Å²) < 4.78 is 3.47. The third kappa shape index (κ3) is 2.78. The van der Waals surface area contributed by atoms with Gasteiger partial charge in [-0.3, -0.25) is 19.0 Å². The fourth-order valence-corrected chi connectivity index (χ4v) is 4.53. The number of aromatic nitrogens is 2. The highest BCUT2D eigenvalue weighted by molar-refractivity contribution is 5.93. The maximum absolute atomic E-state index is 13.0. The van der Waals surface area contributed by atoms with Crippen LogP contribution in [0.25, 0.3) is 0 Å². The van der Waals surface area contributed by atoms with Gasteiger partial charge in [0.1, 0.15) is 11.7 Å². The van der Waals surface area contributed by atoms with Gasteiger partial charge in [0.15, 0.2) is 0 Å². The van der Waals surface area contributed by atoms with Crippen molar-refractivity contribution in [1.82, 2.24) is 18.9 Å². The molecule has 2 aliphatic rings. The molecule has 0 aliphatic carbocycles. The smallest absolute Gasteiger partial charge is 0.270 e. The largest absolute Gasteiger partial charge is 0.347 e. The zero-order valence-electron chi connectivity index (χ0n) is 15.8. The van der Waals surface area contributed by atoms with Crippen molar-refractivity contribution in [3.05, 3.63) is 58.3 Å². The first-order valence-electron chi connectivity index (χ1n) is 9.21. The lowest BCUT2D eigenvalue weighted by atomic mass is 9.78. The molecule has 2 aromatic rings. The number of piperidine rings is 1. The fourth-order valence-electron chi connectivity index (χ4n) is 4.53. The molecule has 2 amide bonds. The third-order valence-electron chi connectivity index (χ3n) is 5.79. The monoisotopic (exact) mass is 368 g/mol. The van der Waals surface area contributed by atoms with Gasteiger partial charge in [-0.1, -0.05) is 6.07 Å². The van der Waals surface area contributed by atoms with Gasteiger partial charge in [-0.2, -0.15) is 0 Å². The third-order valence-corrected chi connectivity index (χ3v) is 5.79. The number of nitrogens with zero attached hydrogens (tertiary/aromatic N) is 4. The number of hydrogen-bond acceptors (Lipinski definition) is 3. The van der Waals surface area contributed by atoms with Crippen LogP contribution in [0.5, 0.6) is 0 Å². The van der Waals surface area contributed by atoms with E-state index in [9.17, 15) is 14.4 Å². The average molecular weight is 368 g/mol. The molecule has 4 rings (SSSR count). The highest BCUT2D eigenvalue weighted by atomic mass is 16.2. The van der Waals surface area contributed by atoms with Gasteiger partial charge in [0.25, 0.3) is 11.5 Å². The van der Waals surface area contributed by atoms with E-state index in [0.29, 0.717) is 18.8 Å². The molecule has 0 saturated carbocycles. The van der Waals surface area contributed by atoms with Crippen LogP contribution in [0.3, 0.4) is 0 Å². The first-order chi connectivity index (χ1) is 12.9. The Balaban J connectivity index is 1.76. The lowest BCUT2D eigenvalue weighted by Gasteiger charge is -2.46. The molecule has 142 valence electrons. The molecular weight excluding hydrogens is 344 g/mol. The van der Waals surface area contributed by atoms with E-state index in [4.69, 9.17) is 0 Å². The molecule has 27 heavy (non-hydrogen) atoms. The summed E-state index contributed by atoms with van der Waals surface area (Å²) in [5.41, 5.74) is 1.34. The van der Waals surface area contributed by atoms with E-state index in [-0.39, 0.29) is 29.2 Å². The van der Waals surface area contributed by atoms with Gasteiger partial charge in [0.2, 0.25) is 5.91 Å². The van der Waals surface area contributed by atoms with Crippen LogP contribution in [0.15, 0.2) is 41.3 Å². The number of carbonyl (C=O) groups excluding carboxylic acids is 2. The van der Waals surface area contributed by atoms with Gasteiger partial charge in [0, 0.05) is 64.0 Å². The molecule has 0 aromatic carbocycles. The summed E-state index contributed by atoms with van der Waals surface area (Å²) >= 11 is 0. The number of likely N-dealkylation sites (N-methyl/N-ethyl adjacent to an activating group) is 1. The molecule has 2 aliphatic heterocycles. The minimum Gasteiger partial charge on any atom is -0.347 e. The van der Waals surface area contributed by atoms with Crippen molar-refractivity contribution >= 4 is 11.8 Å². The number of amides is 2. The van der Waals surface area contributed by atoms with Crippen LogP contribution in [0.4, 0.5) is 0 Å². The molecule has 2 bridgehead atoms. The maximum Gasteiger partial charge on any atom is 0.270 e. The Morgan fingerprint density at radius 1 is 1.11 bits per heavy atom. The molecule has 1 fully saturated rings. The normalized spacial score (nSPS) is 23.7. The van der Waals surface area contributed by atoms with Gasteiger partial charge in [0.05, 0.1) is 0 Å². The predicted octanol–water partition coefficient (Wildman–Crippen LogP) is 1.08. The minimum absolute atomic E-state index is 0.0278. The van der Waals surface area contributed by atoms with Crippen molar-refractivity contribution in [2.24, 2.45) is 13.0 Å². The van der Waals surface area contributed by atoms with E-state index in [1.165, 1.54) is 11.0 Å². The van der Waals surface area contributed by atoms with Crippen molar-refractivity contribution in [2.75, 3.05) is 27.2 Å².